The third-order valence-corrected chi connectivity index (χ3v) is 2.20. The van der Waals surface area contributed by atoms with Crippen LogP contribution in [-0.2, 0) is 6.42 Å². The van der Waals surface area contributed by atoms with E-state index in [9.17, 15) is 0 Å². The molecule has 3 nitrogen and oxygen atoms in total. The highest BCUT2D eigenvalue weighted by Crippen LogP contribution is 2.25. The van der Waals surface area contributed by atoms with Crippen molar-refractivity contribution in [3.63, 3.8) is 0 Å². The summed E-state index contributed by atoms with van der Waals surface area (Å²) in [6.07, 6.45) is 1.47. The Labute approximate surface area is 76.9 Å². The SMILES string of the molecule is OB(O)C1=Nc2ccccc2CC1. The van der Waals surface area contributed by atoms with Crippen LogP contribution in [0.4, 0.5) is 5.69 Å². The Balaban J connectivity index is 2.38. The summed E-state index contributed by atoms with van der Waals surface area (Å²) in [6, 6.07) is 7.76. The lowest BCUT2D eigenvalue weighted by molar-refractivity contribution is 0.429. The molecule has 0 amide bonds. The quantitative estimate of drug-likeness (QED) is 0.617. The molecule has 0 spiro atoms. The van der Waals surface area contributed by atoms with Gasteiger partial charge in [0, 0.05) is 5.61 Å². The van der Waals surface area contributed by atoms with Gasteiger partial charge in [0.15, 0.2) is 0 Å². The molecule has 0 saturated carbocycles. The number of hydrogen-bond acceptors (Lipinski definition) is 3. The summed E-state index contributed by atoms with van der Waals surface area (Å²) in [5.41, 5.74) is 2.49. The standard InChI is InChI=1S/C9H10BNO2/c12-10(13)9-6-5-7-3-1-2-4-8(7)11-9/h1-4,12-13H,5-6H2. The Hall–Kier alpha value is -1.13. The maximum atomic E-state index is 8.93. The van der Waals surface area contributed by atoms with Crippen LogP contribution in [-0.4, -0.2) is 22.8 Å². The molecule has 0 radical (unpaired) electrons. The van der Waals surface area contributed by atoms with Gasteiger partial charge in [-0.05, 0) is 24.5 Å². The molecule has 1 aromatic rings. The second-order valence-electron chi connectivity index (χ2n) is 3.11. The van der Waals surface area contributed by atoms with Gasteiger partial charge in [-0.25, -0.2) is 0 Å². The molecular formula is C9H10BNO2. The topological polar surface area (TPSA) is 52.8 Å². The number of fused-ring (bicyclic) bond motifs is 1. The van der Waals surface area contributed by atoms with Gasteiger partial charge < -0.3 is 10.0 Å². The van der Waals surface area contributed by atoms with Crippen molar-refractivity contribution in [1.29, 1.82) is 0 Å². The van der Waals surface area contributed by atoms with Gasteiger partial charge in [0.05, 0.1) is 5.69 Å². The van der Waals surface area contributed by atoms with Crippen LogP contribution < -0.4 is 0 Å². The minimum Gasteiger partial charge on any atom is -0.422 e. The Morgan fingerprint density at radius 2 is 1.92 bits per heavy atom. The normalized spacial score (nSPS) is 14.8. The number of benzene rings is 1. The highest BCUT2D eigenvalue weighted by Gasteiger charge is 2.20. The van der Waals surface area contributed by atoms with Crippen LogP contribution in [0.15, 0.2) is 29.3 Å². The van der Waals surface area contributed by atoms with Crippen LogP contribution in [0.25, 0.3) is 0 Å². The van der Waals surface area contributed by atoms with E-state index >= 15 is 0 Å². The second-order valence-corrected chi connectivity index (χ2v) is 3.11. The fourth-order valence-corrected chi connectivity index (χ4v) is 1.49. The van der Waals surface area contributed by atoms with Crippen molar-refractivity contribution in [2.45, 2.75) is 12.8 Å². The van der Waals surface area contributed by atoms with Gasteiger partial charge in [0.25, 0.3) is 0 Å². The van der Waals surface area contributed by atoms with E-state index in [-0.39, 0.29) is 0 Å². The van der Waals surface area contributed by atoms with Crippen LogP contribution in [0.1, 0.15) is 12.0 Å². The zero-order valence-corrected chi connectivity index (χ0v) is 7.14. The van der Waals surface area contributed by atoms with Crippen molar-refractivity contribution in [3.05, 3.63) is 29.8 Å². The first-order valence-corrected chi connectivity index (χ1v) is 4.29. The molecule has 0 atom stereocenters. The minimum absolute atomic E-state index is 0.457. The number of para-hydroxylation sites is 1. The molecule has 2 N–H and O–H groups in total. The molecular weight excluding hydrogens is 165 g/mol. The van der Waals surface area contributed by atoms with E-state index in [1.54, 1.807) is 0 Å². The van der Waals surface area contributed by atoms with Gasteiger partial charge in [-0.2, -0.15) is 0 Å². The zero-order chi connectivity index (χ0) is 9.26. The summed E-state index contributed by atoms with van der Waals surface area (Å²) < 4.78 is 0. The van der Waals surface area contributed by atoms with E-state index in [0.717, 1.165) is 12.1 Å². The molecule has 0 saturated heterocycles. The van der Waals surface area contributed by atoms with Crippen molar-refractivity contribution < 1.29 is 10.0 Å². The summed E-state index contributed by atoms with van der Waals surface area (Å²) in [5.74, 6) is 0. The van der Waals surface area contributed by atoms with Crippen LogP contribution in [0, 0.1) is 0 Å². The summed E-state index contributed by atoms with van der Waals surface area (Å²) in [4.78, 5) is 4.16. The van der Waals surface area contributed by atoms with E-state index in [4.69, 9.17) is 10.0 Å². The van der Waals surface area contributed by atoms with Gasteiger partial charge in [0.1, 0.15) is 0 Å². The molecule has 0 unspecified atom stereocenters. The Morgan fingerprint density at radius 1 is 1.15 bits per heavy atom. The van der Waals surface area contributed by atoms with Gasteiger partial charge in [-0.1, -0.05) is 18.2 Å². The molecule has 4 heteroatoms. The average Bonchev–Trinajstić information content (AvgIpc) is 2.17. The maximum absolute atomic E-state index is 8.93. The van der Waals surface area contributed by atoms with Crippen LogP contribution >= 0.6 is 0 Å². The molecule has 0 bridgehead atoms. The number of rotatable bonds is 1. The molecule has 13 heavy (non-hydrogen) atoms. The molecule has 1 aliphatic heterocycles. The van der Waals surface area contributed by atoms with Crippen molar-refractivity contribution in [1.82, 2.24) is 0 Å². The smallest absolute Gasteiger partial charge is 0.422 e. The number of nitrogens with zero attached hydrogens (tertiary/aromatic N) is 1. The minimum atomic E-state index is -1.41. The van der Waals surface area contributed by atoms with E-state index < -0.39 is 7.12 Å². The van der Waals surface area contributed by atoms with Crippen LogP contribution in [0.3, 0.4) is 0 Å². The van der Waals surface area contributed by atoms with Crippen molar-refractivity contribution in [2.75, 3.05) is 0 Å². The van der Waals surface area contributed by atoms with Crippen molar-refractivity contribution >= 4 is 18.4 Å². The monoisotopic (exact) mass is 175 g/mol. The van der Waals surface area contributed by atoms with E-state index in [1.165, 1.54) is 5.56 Å². The summed E-state index contributed by atoms with van der Waals surface area (Å²) >= 11 is 0. The molecule has 2 rings (SSSR count). The van der Waals surface area contributed by atoms with E-state index in [1.807, 2.05) is 24.3 Å². The van der Waals surface area contributed by atoms with Gasteiger partial charge >= 0.3 is 7.12 Å². The molecule has 66 valence electrons. The summed E-state index contributed by atoms with van der Waals surface area (Å²) in [6.45, 7) is 0. The van der Waals surface area contributed by atoms with Gasteiger partial charge in [-0.15, -0.1) is 0 Å². The molecule has 1 aromatic carbocycles. The molecule has 1 heterocycles. The molecule has 0 fully saturated rings. The van der Waals surface area contributed by atoms with Crippen molar-refractivity contribution in [2.24, 2.45) is 4.99 Å². The molecule has 0 aliphatic carbocycles. The lowest BCUT2D eigenvalue weighted by Crippen LogP contribution is -2.27. The Bertz CT molecular complexity index is 349. The largest absolute Gasteiger partial charge is 0.503 e. The maximum Gasteiger partial charge on any atom is 0.503 e. The van der Waals surface area contributed by atoms with Crippen LogP contribution in [0.5, 0.6) is 0 Å². The first-order valence-electron chi connectivity index (χ1n) is 4.29. The summed E-state index contributed by atoms with van der Waals surface area (Å²) in [7, 11) is -1.41. The average molecular weight is 175 g/mol. The number of aliphatic imine (C=N–C) groups is 1. The Kier molecular flexibility index (Phi) is 2.16. The second kappa shape index (κ2) is 3.32. The first-order chi connectivity index (χ1) is 6.27. The lowest BCUT2D eigenvalue weighted by atomic mass is 9.78. The third kappa shape index (κ3) is 1.64. The fraction of sp³-hybridized carbons (Fsp3) is 0.222. The molecule has 1 aliphatic rings. The molecule has 0 aromatic heterocycles. The highest BCUT2D eigenvalue weighted by molar-refractivity contribution is 6.80. The number of hydrogen-bond donors (Lipinski definition) is 2. The van der Waals surface area contributed by atoms with Crippen LogP contribution in [0.2, 0.25) is 0 Å². The van der Waals surface area contributed by atoms with E-state index in [0.29, 0.717) is 12.0 Å². The van der Waals surface area contributed by atoms with Gasteiger partial charge in [-0.3, -0.25) is 4.99 Å². The predicted molar refractivity (Wildman–Crippen MR) is 52.0 cm³/mol. The zero-order valence-electron chi connectivity index (χ0n) is 7.14. The first kappa shape index (κ1) is 8.47. The Morgan fingerprint density at radius 3 is 2.69 bits per heavy atom. The predicted octanol–water partition coefficient (Wildman–Crippen LogP) is 0.717. The van der Waals surface area contributed by atoms with Gasteiger partial charge in [0.2, 0.25) is 0 Å². The lowest BCUT2D eigenvalue weighted by Gasteiger charge is -2.14. The fourth-order valence-electron chi connectivity index (χ4n) is 1.49. The van der Waals surface area contributed by atoms with E-state index in [2.05, 4.69) is 4.99 Å². The number of aryl methyl sites for hydroxylation is 1. The third-order valence-electron chi connectivity index (χ3n) is 2.20. The summed E-state index contributed by atoms with van der Waals surface area (Å²) in [5, 5.41) is 17.9. The van der Waals surface area contributed by atoms with Crippen molar-refractivity contribution in [3.8, 4) is 0 Å². The highest BCUT2D eigenvalue weighted by atomic mass is 16.4.